The van der Waals surface area contributed by atoms with Crippen LogP contribution in [0.15, 0.2) is 42.5 Å². The van der Waals surface area contributed by atoms with Gasteiger partial charge in [-0.05, 0) is 35.4 Å². The normalized spacial score (nSPS) is 10.7. The van der Waals surface area contributed by atoms with Crippen molar-refractivity contribution >= 4 is 17.0 Å². The molecule has 0 radical (unpaired) electrons. The Bertz CT molecular complexity index is 710. The summed E-state index contributed by atoms with van der Waals surface area (Å²) in [4.78, 5) is 4.09. The summed E-state index contributed by atoms with van der Waals surface area (Å²) in [5.41, 5.74) is 8.86. The molecule has 18 heavy (non-hydrogen) atoms. The highest BCUT2D eigenvalue weighted by Gasteiger charge is 2.03. The van der Waals surface area contributed by atoms with Gasteiger partial charge >= 0.3 is 0 Å². The van der Waals surface area contributed by atoms with Gasteiger partial charge in [-0.15, -0.1) is 10.2 Å². The van der Waals surface area contributed by atoms with Crippen molar-refractivity contribution < 1.29 is 5.11 Å². The summed E-state index contributed by atoms with van der Waals surface area (Å²) in [6.45, 7) is 0. The summed E-state index contributed by atoms with van der Waals surface area (Å²) in [5, 5.41) is 17.0. The molecule has 5 heteroatoms. The topological polar surface area (TPSA) is 84.9 Å². The van der Waals surface area contributed by atoms with Gasteiger partial charge in [-0.25, -0.2) is 4.98 Å². The Morgan fingerprint density at radius 1 is 0.833 bits per heavy atom. The van der Waals surface area contributed by atoms with Crippen LogP contribution in [0, 0.1) is 0 Å². The van der Waals surface area contributed by atoms with E-state index < -0.39 is 0 Å². The number of phenols is 1. The molecular weight excluding hydrogens is 228 g/mol. The first-order valence-electron chi connectivity index (χ1n) is 5.42. The first-order valence-corrected chi connectivity index (χ1v) is 5.42. The third-order valence-electron chi connectivity index (χ3n) is 2.67. The number of benzene rings is 2. The summed E-state index contributed by atoms with van der Waals surface area (Å²) in [6.07, 6.45) is 0. The first kappa shape index (κ1) is 10.5. The van der Waals surface area contributed by atoms with Crippen molar-refractivity contribution in [3.05, 3.63) is 42.5 Å². The molecule has 0 bridgehead atoms. The molecule has 0 aliphatic heterocycles. The number of rotatable bonds is 1. The van der Waals surface area contributed by atoms with Gasteiger partial charge in [0.15, 0.2) is 0 Å². The fourth-order valence-corrected chi connectivity index (χ4v) is 1.78. The largest absolute Gasteiger partial charge is 0.508 e. The number of aromatic nitrogens is 3. The molecule has 1 heterocycles. The maximum atomic E-state index is 9.26. The van der Waals surface area contributed by atoms with Gasteiger partial charge in [-0.1, -0.05) is 18.2 Å². The zero-order valence-electron chi connectivity index (χ0n) is 9.41. The van der Waals surface area contributed by atoms with E-state index in [1.807, 2.05) is 30.3 Å². The molecule has 0 spiro atoms. The standard InChI is InChI=1S/C13H10N4O/c14-13-15-11-6-3-9(7-12(11)16-17-13)8-1-4-10(18)5-2-8/h1-7,18H,(H2,14,15,17). The molecule has 0 unspecified atom stereocenters. The van der Waals surface area contributed by atoms with E-state index in [1.54, 1.807) is 12.1 Å². The Kier molecular flexibility index (Phi) is 2.30. The SMILES string of the molecule is Nc1nnc2cc(-c3ccc(O)cc3)ccc2n1. The van der Waals surface area contributed by atoms with Crippen LogP contribution >= 0.6 is 0 Å². The summed E-state index contributed by atoms with van der Waals surface area (Å²) in [5.74, 6) is 0.411. The van der Waals surface area contributed by atoms with Crippen molar-refractivity contribution in [3.63, 3.8) is 0 Å². The van der Waals surface area contributed by atoms with Crippen LogP contribution in [-0.2, 0) is 0 Å². The molecule has 0 atom stereocenters. The predicted molar refractivity (Wildman–Crippen MR) is 68.8 cm³/mol. The second-order valence-electron chi connectivity index (χ2n) is 3.92. The molecule has 2 aromatic carbocycles. The zero-order chi connectivity index (χ0) is 12.5. The van der Waals surface area contributed by atoms with Crippen LogP contribution in [0.4, 0.5) is 5.95 Å². The Hall–Kier alpha value is -2.69. The lowest BCUT2D eigenvalue weighted by molar-refractivity contribution is 0.475. The molecule has 0 saturated carbocycles. The van der Waals surface area contributed by atoms with Crippen molar-refractivity contribution in [2.75, 3.05) is 5.73 Å². The molecule has 0 aliphatic rings. The predicted octanol–water partition coefficient (Wildman–Crippen LogP) is 1.98. The van der Waals surface area contributed by atoms with Gasteiger partial charge in [0.25, 0.3) is 0 Å². The van der Waals surface area contributed by atoms with E-state index in [1.165, 1.54) is 0 Å². The van der Waals surface area contributed by atoms with Gasteiger partial charge in [0, 0.05) is 0 Å². The van der Waals surface area contributed by atoms with Crippen molar-refractivity contribution in [1.82, 2.24) is 15.2 Å². The van der Waals surface area contributed by atoms with Gasteiger partial charge in [0.05, 0.1) is 5.52 Å². The minimum Gasteiger partial charge on any atom is -0.508 e. The second-order valence-corrected chi connectivity index (χ2v) is 3.92. The number of phenolic OH excluding ortho intramolecular Hbond substituents is 1. The Labute approximate surface area is 103 Å². The molecule has 0 saturated heterocycles. The molecular formula is C13H10N4O. The third-order valence-corrected chi connectivity index (χ3v) is 2.67. The lowest BCUT2D eigenvalue weighted by Crippen LogP contribution is -1.97. The zero-order valence-corrected chi connectivity index (χ0v) is 9.41. The molecule has 0 amide bonds. The monoisotopic (exact) mass is 238 g/mol. The van der Waals surface area contributed by atoms with Crippen LogP contribution in [0.2, 0.25) is 0 Å². The van der Waals surface area contributed by atoms with Crippen LogP contribution in [0.1, 0.15) is 0 Å². The van der Waals surface area contributed by atoms with Gasteiger partial charge in [-0.3, -0.25) is 0 Å². The van der Waals surface area contributed by atoms with Gasteiger partial charge < -0.3 is 10.8 Å². The summed E-state index contributed by atoms with van der Waals surface area (Å²) >= 11 is 0. The van der Waals surface area contributed by atoms with Crippen LogP contribution in [-0.4, -0.2) is 20.3 Å². The number of aromatic hydroxyl groups is 1. The molecule has 0 fully saturated rings. The molecule has 88 valence electrons. The lowest BCUT2D eigenvalue weighted by Gasteiger charge is -2.03. The van der Waals surface area contributed by atoms with Gasteiger partial charge in [-0.2, -0.15) is 0 Å². The first-order chi connectivity index (χ1) is 8.72. The van der Waals surface area contributed by atoms with Crippen molar-refractivity contribution in [3.8, 4) is 16.9 Å². The van der Waals surface area contributed by atoms with E-state index >= 15 is 0 Å². The lowest BCUT2D eigenvalue weighted by atomic mass is 10.1. The highest BCUT2D eigenvalue weighted by Crippen LogP contribution is 2.24. The number of hydrogen-bond donors (Lipinski definition) is 2. The van der Waals surface area contributed by atoms with Crippen LogP contribution in [0.5, 0.6) is 5.75 Å². The van der Waals surface area contributed by atoms with Crippen molar-refractivity contribution in [1.29, 1.82) is 0 Å². The van der Waals surface area contributed by atoms with Gasteiger partial charge in [0.2, 0.25) is 5.95 Å². The van der Waals surface area contributed by atoms with E-state index in [0.717, 1.165) is 11.1 Å². The highest BCUT2D eigenvalue weighted by atomic mass is 16.3. The smallest absolute Gasteiger partial charge is 0.240 e. The maximum Gasteiger partial charge on any atom is 0.240 e. The number of nitrogen functional groups attached to an aromatic ring is 1. The third kappa shape index (κ3) is 1.82. The molecule has 3 rings (SSSR count). The second kappa shape index (κ2) is 3.96. The summed E-state index contributed by atoms with van der Waals surface area (Å²) < 4.78 is 0. The highest BCUT2D eigenvalue weighted by molar-refractivity contribution is 5.81. The minimum atomic E-state index is 0.167. The van der Waals surface area contributed by atoms with E-state index in [9.17, 15) is 5.11 Å². The number of nitrogens with zero attached hydrogens (tertiary/aromatic N) is 3. The van der Waals surface area contributed by atoms with Crippen LogP contribution < -0.4 is 5.73 Å². The summed E-state index contributed by atoms with van der Waals surface area (Å²) in [6, 6.07) is 12.6. The van der Waals surface area contributed by atoms with Crippen LogP contribution in [0.3, 0.4) is 0 Å². The van der Waals surface area contributed by atoms with E-state index in [2.05, 4.69) is 15.2 Å². The fourth-order valence-electron chi connectivity index (χ4n) is 1.78. The van der Waals surface area contributed by atoms with E-state index in [-0.39, 0.29) is 11.7 Å². The maximum absolute atomic E-state index is 9.26. The Balaban J connectivity index is 2.13. The van der Waals surface area contributed by atoms with Crippen molar-refractivity contribution in [2.45, 2.75) is 0 Å². The minimum absolute atomic E-state index is 0.167. The van der Waals surface area contributed by atoms with Crippen molar-refractivity contribution in [2.24, 2.45) is 0 Å². The van der Waals surface area contributed by atoms with E-state index in [4.69, 9.17) is 5.73 Å². The molecule has 3 aromatic rings. The Morgan fingerprint density at radius 3 is 2.33 bits per heavy atom. The number of anilines is 1. The quantitative estimate of drug-likeness (QED) is 0.677. The Morgan fingerprint density at radius 2 is 1.56 bits per heavy atom. The average molecular weight is 238 g/mol. The molecule has 0 aliphatic carbocycles. The fraction of sp³-hybridized carbons (Fsp3) is 0. The number of hydrogen-bond acceptors (Lipinski definition) is 5. The van der Waals surface area contributed by atoms with E-state index in [0.29, 0.717) is 11.0 Å². The number of fused-ring (bicyclic) bond motifs is 1. The number of nitrogens with two attached hydrogens (primary N) is 1. The van der Waals surface area contributed by atoms with Crippen LogP contribution in [0.25, 0.3) is 22.2 Å². The molecule has 3 N–H and O–H groups in total. The molecule has 5 nitrogen and oxygen atoms in total. The van der Waals surface area contributed by atoms with Gasteiger partial charge in [0.1, 0.15) is 11.3 Å². The molecule has 1 aromatic heterocycles. The summed E-state index contributed by atoms with van der Waals surface area (Å²) in [7, 11) is 0. The average Bonchev–Trinajstić information content (AvgIpc) is 2.39.